The second-order valence-corrected chi connectivity index (χ2v) is 7.82. The van der Waals surface area contributed by atoms with Crippen LogP contribution in [0.25, 0.3) is 6.08 Å². The van der Waals surface area contributed by atoms with E-state index in [-0.39, 0.29) is 17.0 Å². The zero-order valence-electron chi connectivity index (χ0n) is 19.1. The first-order valence-corrected chi connectivity index (χ1v) is 11.2. The molecule has 0 atom stereocenters. The highest BCUT2D eigenvalue weighted by Gasteiger charge is 2.36. The van der Waals surface area contributed by atoms with Crippen LogP contribution in [-0.4, -0.2) is 24.4 Å². The first kappa shape index (κ1) is 23.5. The summed E-state index contributed by atoms with van der Waals surface area (Å²) in [5, 5.41) is 9.49. The van der Waals surface area contributed by atoms with Gasteiger partial charge in [-0.3, -0.25) is 9.59 Å². The van der Waals surface area contributed by atoms with Crippen LogP contribution in [0.3, 0.4) is 0 Å². The van der Waals surface area contributed by atoms with Gasteiger partial charge in [-0.25, -0.2) is 9.69 Å². The number of amides is 2. The largest absolute Gasteiger partial charge is 0.494 e. The summed E-state index contributed by atoms with van der Waals surface area (Å²) in [7, 11) is 0. The molecule has 1 aliphatic heterocycles. The number of esters is 1. The van der Waals surface area contributed by atoms with Crippen LogP contribution in [-0.2, 0) is 4.79 Å². The van der Waals surface area contributed by atoms with E-state index < -0.39 is 17.8 Å². The molecule has 0 fully saturated rings. The van der Waals surface area contributed by atoms with Crippen LogP contribution in [0.15, 0.2) is 78.4 Å². The second kappa shape index (κ2) is 10.5. The Morgan fingerprint density at radius 2 is 1.63 bits per heavy atom. The van der Waals surface area contributed by atoms with Crippen molar-refractivity contribution in [2.45, 2.75) is 19.8 Å². The van der Waals surface area contributed by atoms with Gasteiger partial charge in [-0.05, 0) is 54.5 Å². The van der Waals surface area contributed by atoms with Crippen molar-refractivity contribution in [1.29, 1.82) is 5.26 Å². The maximum Gasteiger partial charge on any atom is 0.354 e. The molecule has 0 saturated heterocycles. The van der Waals surface area contributed by atoms with Crippen LogP contribution in [0.4, 0.5) is 5.69 Å². The van der Waals surface area contributed by atoms with E-state index in [2.05, 4.69) is 6.92 Å². The Balaban J connectivity index is 1.48. The lowest BCUT2D eigenvalue weighted by Gasteiger charge is -2.15. The number of unbranched alkanes of at least 4 members (excludes halogenated alkanes) is 1. The van der Waals surface area contributed by atoms with E-state index in [4.69, 9.17) is 9.47 Å². The molecular weight excluding hydrogens is 444 g/mol. The van der Waals surface area contributed by atoms with Crippen molar-refractivity contribution in [2.24, 2.45) is 0 Å². The molecule has 3 aromatic carbocycles. The summed E-state index contributed by atoms with van der Waals surface area (Å²) in [4.78, 5) is 39.1. The van der Waals surface area contributed by atoms with Crippen molar-refractivity contribution in [2.75, 3.05) is 11.5 Å². The van der Waals surface area contributed by atoms with Crippen LogP contribution in [0, 0.1) is 11.3 Å². The van der Waals surface area contributed by atoms with Crippen molar-refractivity contribution in [3.8, 4) is 17.6 Å². The lowest BCUT2D eigenvalue weighted by atomic mass is 10.1. The number of anilines is 1. The number of nitriles is 1. The van der Waals surface area contributed by atoms with E-state index in [0.717, 1.165) is 17.7 Å². The summed E-state index contributed by atoms with van der Waals surface area (Å²) >= 11 is 0. The lowest BCUT2D eigenvalue weighted by Crippen LogP contribution is -2.29. The third kappa shape index (κ3) is 5.12. The molecule has 0 bridgehead atoms. The fourth-order valence-corrected chi connectivity index (χ4v) is 3.57. The zero-order valence-corrected chi connectivity index (χ0v) is 19.1. The quantitative estimate of drug-likeness (QED) is 0.113. The molecule has 0 aromatic heterocycles. The highest BCUT2D eigenvalue weighted by atomic mass is 16.5. The second-order valence-electron chi connectivity index (χ2n) is 7.82. The third-order valence-electron chi connectivity index (χ3n) is 5.38. The molecule has 3 aromatic rings. The number of imide groups is 1. The fraction of sp³-hybridized carbons (Fsp3) is 0.143. The standard InChI is InChI=1S/C28H22N2O5/c1-2-3-15-34-22-13-11-19(12-14-22)16-20(18-29)28(33)35-23-8-6-7-21(17-23)30-26(31)24-9-4-5-10-25(24)27(30)32/h4-14,16-17H,2-3,15H2,1H3/b20-16+. The van der Waals surface area contributed by atoms with Gasteiger partial charge < -0.3 is 9.47 Å². The molecule has 35 heavy (non-hydrogen) atoms. The predicted octanol–water partition coefficient (Wildman–Crippen LogP) is 5.18. The van der Waals surface area contributed by atoms with E-state index in [1.807, 2.05) is 6.07 Å². The molecule has 0 saturated carbocycles. The highest BCUT2D eigenvalue weighted by molar-refractivity contribution is 6.34. The molecule has 0 aliphatic carbocycles. The van der Waals surface area contributed by atoms with Crippen LogP contribution in [0.5, 0.6) is 11.5 Å². The van der Waals surface area contributed by atoms with Gasteiger partial charge in [0, 0.05) is 6.07 Å². The van der Waals surface area contributed by atoms with Gasteiger partial charge in [0.1, 0.15) is 23.1 Å². The van der Waals surface area contributed by atoms with E-state index in [9.17, 15) is 19.6 Å². The smallest absolute Gasteiger partial charge is 0.354 e. The minimum Gasteiger partial charge on any atom is -0.494 e. The average molecular weight is 466 g/mol. The van der Waals surface area contributed by atoms with Crippen molar-refractivity contribution in [3.05, 3.63) is 95.1 Å². The molecular formula is C28H22N2O5. The first-order valence-electron chi connectivity index (χ1n) is 11.2. The van der Waals surface area contributed by atoms with Crippen molar-refractivity contribution in [1.82, 2.24) is 0 Å². The SMILES string of the molecule is CCCCOc1ccc(/C=C(\C#N)C(=O)Oc2cccc(N3C(=O)c4ccccc4C3=O)c2)cc1. The molecule has 2 amide bonds. The number of rotatable bonds is 8. The molecule has 174 valence electrons. The van der Waals surface area contributed by atoms with Gasteiger partial charge in [0.2, 0.25) is 0 Å². The maximum absolute atomic E-state index is 12.7. The summed E-state index contributed by atoms with van der Waals surface area (Å²) in [6, 6.07) is 21.5. The van der Waals surface area contributed by atoms with Crippen molar-refractivity contribution >= 4 is 29.5 Å². The Morgan fingerprint density at radius 3 is 2.26 bits per heavy atom. The van der Waals surface area contributed by atoms with Crippen LogP contribution in [0.2, 0.25) is 0 Å². The van der Waals surface area contributed by atoms with Gasteiger partial charge in [0.25, 0.3) is 11.8 Å². The zero-order chi connectivity index (χ0) is 24.8. The van der Waals surface area contributed by atoms with Crippen LogP contribution >= 0.6 is 0 Å². The van der Waals surface area contributed by atoms with E-state index in [0.29, 0.717) is 29.0 Å². The molecule has 0 N–H and O–H groups in total. The monoisotopic (exact) mass is 466 g/mol. The molecule has 0 spiro atoms. The number of hydrogen-bond acceptors (Lipinski definition) is 6. The minimum atomic E-state index is -0.852. The van der Waals surface area contributed by atoms with E-state index >= 15 is 0 Å². The Morgan fingerprint density at radius 1 is 0.943 bits per heavy atom. The number of nitrogens with zero attached hydrogens (tertiary/aromatic N) is 2. The normalized spacial score (nSPS) is 12.8. The molecule has 7 heteroatoms. The van der Waals surface area contributed by atoms with Gasteiger partial charge in [-0.1, -0.05) is 43.7 Å². The summed E-state index contributed by atoms with van der Waals surface area (Å²) in [5.41, 5.74) is 1.34. The first-order chi connectivity index (χ1) is 17.0. The predicted molar refractivity (Wildman–Crippen MR) is 130 cm³/mol. The number of carbonyl (C=O) groups excluding carboxylic acids is 3. The molecule has 1 aliphatic rings. The third-order valence-corrected chi connectivity index (χ3v) is 5.38. The van der Waals surface area contributed by atoms with E-state index in [1.165, 1.54) is 18.2 Å². The maximum atomic E-state index is 12.7. The topological polar surface area (TPSA) is 96.7 Å². The lowest BCUT2D eigenvalue weighted by molar-refractivity contribution is -0.129. The van der Waals surface area contributed by atoms with E-state index in [1.54, 1.807) is 60.7 Å². The Kier molecular flexibility index (Phi) is 7.03. The van der Waals surface area contributed by atoms with Crippen molar-refractivity contribution in [3.63, 3.8) is 0 Å². The Labute approximate surface area is 202 Å². The molecule has 0 unspecified atom stereocenters. The number of fused-ring (bicyclic) bond motifs is 1. The number of carbonyl (C=O) groups is 3. The minimum absolute atomic E-state index is 0.102. The van der Waals surface area contributed by atoms with Crippen LogP contribution < -0.4 is 14.4 Å². The molecule has 0 radical (unpaired) electrons. The molecule has 1 heterocycles. The van der Waals surface area contributed by atoms with Crippen molar-refractivity contribution < 1.29 is 23.9 Å². The summed E-state index contributed by atoms with van der Waals surface area (Å²) < 4.78 is 11.0. The van der Waals surface area contributed by atoms with Crippen LogP contribution in [0.1, 0.15) is 46.0 Å². The van der Waals surface area contributed by atoms with Gasteiger partial charge in [-0.2, -0.15) is 5.26 Å². The number of hydrogen-bond donors (Lipinski definition) is 0. The van der Waals surface area contributed by atoms with Gasteiger partial charge in [0.15, 0.2) is 0 Å². The molecule has 7 nitrogen and oxygen atoms in total. The van der Waals surface area contributed by atoms with Gasteiger partial charge >= 0.3 is 5.97 Å². The molecule has 4 rings (SSSR count). The fourth-order valence-electron chi connectivity index (χ4n) is 3.57. The number of ether oxygens (including phenoxy) is 2. The highest BCUT2D eigenvalue weighted by Crippen LogP contribution is 2.30. The summed E-state index contributed by atoms with van der Waals surface area (Å²) in [6.07, 6.45) is 3.42. The Bertz CT molecular complexity index is 1320. The average Bonchev–Trinajstić information content (AvgIpc) is 3.13. The Hall–Kier alpha value is -4.70. The summed E-state index contributed by atoms with van der Waals surface area (Å²) in [5.74, 6) is -0.940. The van der Waals surface area contributed by atoms with Gasteiger partial charge in [0.05, 0.1) is 23.4 Å². The van der Waals surface area contributed by atoms with Gasteiger partial charge in [-0.15, -0.1) is 0 Å². The summed E-state index contributed by atoms with van der Waals surface area (Å²) in [6.45, 7) is 2.71. The number of benzene rings is 3.